The third-order valence-corrected chi connectivity index (χ3v) is 8.13. The maximum absolute atomic E-state index is 12.6. The third kappa shape index (κ3) is 6.18. The van der Waals surface area contributed by atoms with Gasteiger partial charge in [-0.2, -0.15) is 0 Å². The minimum absolute atomic E-state index is 0.0104. The summed E-state index contributed by atoms with van der Waals surface area (Å²) in [5.74, 6) is -1.56. The van der Waals surface area contributed by atoms with Gasteiger partial charge in [-0.25, -0.2) is 16.8 Å². The van der Waals surface area contributed by atoms with Gasteiger partial charge >= 0.3 is 0 Å². The fraction of sp³-hybridized carbons (Fsp3) is 0.263. The number of amides is 2. The van der Waals surface area contributed by atoms with Crippen LogP contribution in [0.5, 0.6) is 0 Å². The molecule has 0 aromatic heterocycles. The fourth-order valence-electron chi connectivity index (χ4n) is 3.13. The van der Waals surface area contributed by atoms with Gasteiger partial charge in [0.25, 0.3) is 15.9 Å². The zero-order chi connectivity index (χ0) is 22.6. The van der Waals surface area contributed by atoms with Crippen LogP contribution in [0.25, 0.3) is 0 Å². The molecule has 0 radical (unpaired) electrons. The Morgan fingerprint density at radius 2 is 1.71 bits per heavy atom. The third-order valence-electron chi connectivity index (χ3n) is 4.66. The first kappa shape index (κ1) is 23.0. The number of carbonyl (C=O) groups is 2. The van der Waals surface area contributed by atoms with Gasteiger partial charge in [0.2, 0.25) is 5.91 Å². The zero-order valence-electron chi connectivity index (χ0n) is 16.2. The van der Waals surface area contributed by atoms with Gasteiger partial charge in [0.05, 0.1) is 27.7 Å². The molecule has 12 heteroatoms. The molecular formula is C19H20ClN3O6S2. The average molecular weight is 486 g/mol. The van der Waals surface area contributed by atoms with E-state index in [9.17, 15) is 26.4 Å². The molecule has 2 aromatic carbocycles. The van der Waals surface area contributed by atoms with Crippen molar-refractivity contribution in [2.24, 2.45) is 5.92 Å². The molecule has 0 aliphatic carbocycles. The number of hydrogen-bond donors (Lipinski definition) is 3. The van der Waals surface area contributed by atoms with E-state index >= 15 is 0 Å². The van der Waals surface area contributed by atoms with Crippen LogP contribution in [0.3, 0.4) is 0 Å². The first-order valence-corrected chi connectivity index (χ1v) is 12.9. The number of nitrogens with one attached hydrogen (secondary N) is 3. The van der Waals surface area contributed by atoms with Crippen LogP contribution >= 0.6 is 11.6 Å². The lowest BCUT2D eigenvalue weighted by molar-refractivity contribution is -0.122. The van der Waals surface area contributed by atoms with Gasteiger partial charge in [0.1, 0.15) is 0 Å². The number of rotatable bonds is 6. The monoisotopic (exact) mass is 485 g/mol. The van der Waals surface area contributed by atoms with Gasteiger partial charge in [-0.3, -0.25) is 25.2 Å². The highest BCUT2D eigenvalue weighted by atomic mass is 35.5. The number of anilines is 1. The molecule has 0 saturated carbocycles. The minimum atomic E-state index is -3.98. The van der Waals surface area contributed by atoms with E-state index in [0.29, 0.717) is 11.4 Å². The van der Waals surface area contributed by atoms with E-state index in [2.05, 4.69) is 15.6 Å². The van der Waals surface area contributed by atoms with Gasteiger partial charge in [-0.1, -0.05) is 23.7 Å². The van der Waals surface area contributed by atoms with E-state index in [-0.39, 0.29) is 40.0 Å². The molecule has 0 spiro atoms. The molecule has 1 heterocycles. The molecule has 3 N–H and O–H groups in total. The summed E-state index contributed by atoms with van der Waals surface area (Å²) in [5, 5.41) is 0.379. The second-order valence-corrected chi connectivity index (χ2v) is 11.4. The maximum atomic E-state index is 12.6. The van der Waals surface area contributed by atoms with E-state index in [1.165, 1.54) is 36.4 Å². The minimum Gasteiger partial charge on any atom is -0.279 e. The van der Waals surface area contributed by atoms with Gasteiger partial charge in [0, 0.05) is 11.4 Å². The number of para-hydroxylation sites is 1. The lowest BCUT2D eigenvalue weighted by atomic mass is 10.1. The molecule has 166 valence electrons. The van der Waals surface area contributed by atoms with Crippen LogP contribution in [0.1, 0.15) is 23.2 Å². The number of halogens is 1. The predicted octanol–water partition coefficient (Wildman–Crippen LogP) is 1.73. The van der Waals surface area contributed by atoms with Crippen molar-refractivity contribution >= 4 is 49.0 Å². The molecule has 0 bridgehead atoms. The summed E-state index contributed by atoms with van der Waals surface area (Å²) in [5.41, 5.74) is 4.47. The largest absolute Gasteiger partial charge is 0.279 e. The first-order valence-electron chi connectivity index (χ1n) is 9.23. The first-order chi connectivity index (χ1) is 14.6. The molecule has 2 amide bonds. The smallest absolute Gasteiger partial charge is 0.271 e. The Kier molecular flexibility index (Phi) is 6.87. The van der Waals surface area contributed by atoms with Gasteiger partial charge in [0.15, 0.2) is 9.84 Å². The van der Waals surface area contributed by atoms with Crippen LogP contribution in [0.4, 0.5) is 5.69 Å². The number of sulfone groups is 1. The molecule has 9 nitrogen and oxygen atoms in total. The molecular weight excluding hydrogens is 466 g/mol. The van der Waals surface area contributed by atoms with E-state index in [4.69, 9.17) is 11.6 Å². The summed E-state index contributed by atoms with van der Waals surface area (Å²) in [4.78, 5) is 24.5. The van der Waals surface area contributed by atoms with Crippen LogP contribution in [-0.4, -0.2) is 40.2 Å². The van der Waals surface area contributed by atoms with Crippen LogP contribution in [-0.2, 0) is 24.7 Å². The van der Waals surface area contributed by atoms with Crippen molar-refractivity contribution in [2.75, 3.05) is 16.2 Å². The molecule has 1 saturated heterocycles. The highest BCUT2D eigenvalue weighted by Crippen LogP contribution is 2.22. The van der Waals surface area contributed by atoms with Crippen molar-refractivity contribution in [3.05, 3.63) is 59.1 Å². The van der Waals surface area contributed by atoms with Crippen LogP contribution in [0.15, 0.2) is 53.4 Å². The quantitative estimate of drug-likeness (QED) is 0.532. The Balaban J connectivity index is 1.64. The Labute approximate surface area is 185 Å². The molecule has 1 aliphatic rings. The van der Waals surface area contributed by atoms with Gasteiger partial charge in [-0.05, 0) is 48.7 Å². The van der Waals surface area contributed by atoms with E-state index < -0.39 is 31.7 Å². The number of hydrogen-bond acceptors (Lipinski definition) is 6. The Morgan fingerprint density at radius 3 is 2.35 bits per heavy atom. The standard InChI is InChI=1S/C19H20ClN3O6S2/c20-14-5-7-15(8-6-14)31(28,29)23-17-4-2-1-3-16(17)19(25)22-21-18(24)11-13-9-10-30(26,27)12-13/h1-8,13,23H,9-12H2,(H,21,24)(H,22,25). The summed E-state index contributed by atoms with van der Waals surface area (Å²) in [7, 11) is -7.08. The van der Waals surface area contributed by atoms with Crippen LogP contribution in [0.2, 0.25) is 5.02 Å². The predicted molar refractivity (Wildman–Crippen MR) is 116 cm³/mol. The topological polar surface area (TPSA) is 139 Å². The van der Waals surface area contributed by atoms with Crippen molar-refractivity contribution < 1.29 is 26.4 Å². The Bertz CT molecular complexity index is 1200. The molecule has 1 atom stereocenters. The number of carbonyl (C=O) groups excluding carboxylic acids is 2. The molecule has 1 unspecified atom stereocenters. The van der Waals surface area contributed by atoms with Crippen LogP contribution < -0.4 is 15.6 Å². The molecule has 1 fully saturated rings. The fourth-order valence-corrected chi connectivity index (χ4v) is 6.20. The lowest BCUT2D eigenvalue weighted by Crippen LogP contribution is -2.42. The second-order valence-electron chi connectivity index (χ2n) is 7.08. The van der Waals surface area contributed by atoms with Crippen molar-refractivity contribution in [2.45, 2.75) is 17.7 Å². The Morgan fingerprint density at radius 1 is 1.03 bits per heavy atom. The molecule has 31 heavy (non-hydrogen) atoms. The summed E-state index contributed by atoms with van der Waals surface area (Å²) in [6, 6.07) is 11.4. The van der Waals surface area contributed by atoms with Gasteiger partial charge < -0.3 is 0 Å². The van der Waals surface area contributed by atoms with E-state index in [1.54, 1.807) is 12.1 Å². The van der Waals surface area contributed by atoms with Crippen molar-refractivity contribution in [1.29, 1.82) is 0 Å². The molecule has 3 rings (SSSR count). The van der Waals surface area contributed by atoms with Gasteiger partial charge in [-0.15, -0.1) is 0 Å². The molecule has 2 aromatic rings. The number of hydrazine groups is 1. The van der Waals surface area contributed by atoms with Crippen molar-refractivity contribution in [3.8, 4) is 0 Å². The summed E-state index contributed by atoms with van der Waals surface area (Å²) < 4.78 is 50.5. The normalized spacial score (nSPS) is 17.6. The van der Waals surface area contributed by atoms with E-state index in [1.807, 2.05) is 0 Å². The zero-order valence-corrected chi connectivity index (χ0v) is 18.6. The van der Waals surface area contributed by atoms with Crippen molar-refractivity contribution in [1.82, 2.24) is 10.9 Å². The van der Waals surface area contributed by atoms with E-state index in [0.717, 1.165) is 0 Å². The summed E-state index contributed by atoms with van der Waals surface area (Å²) in [6.07, 6.45) is 0.364. The number of sulfonamides is 1. The SMILES string of the molecule is O=C(CC1CCS(=O)(=O)C1)NNC(=O)c1ccccc1NS(=O)(=O)c1ccc(Cl)cc1. The highest BCUT2D eigenvalue weighted by molar-refractivity contribution is 7.92. The number of benzene rings is 2. The van der Waals surface area contributed by atoms with Crippen molar-refractivity contribution in [3.63, 3.8) is 0 Å². The molecule has 1 aliphatic heterocycles. The maximum Gasteiger partial charge on any atom is 0.271 e. The highest BCUT2D eigenvalue weighted by Gasteiger charge is 2.29. The summed E-state index contributed by atoms with van der Waals surface area (Å²) >= 11 is 5.78. The second kappa shape index (κ2) is 9.25. The van der Waals surface area contributed by atoms with Crippen LogP contribution in [0, 0.1) is 5.92 Å². The Hall–Kier alpha value is -2.63. The summed E-state index contributed by atoms with van der Waals surface area (Å²) in [6.45, 7) is 0. The average Bonchev–Trinajstić information content (AvgIpc) is 3.04. The lowest BCUT2D eigenvalue weighted by Gasteiger charge is -2.14.